The van der Waals surface area contributed by atoms with Crippen molar-refractivity contribution in [3.05, 3.63) is 48.3 Å². The number of carbonyl (C=O) groups excluding carboxylic acids is 1. The first-order chi connectivity index (χ1) is 15.2. The number of nitrogens with zero attached hydrogens (tertiary/aromatic N) is 3. The summed E-state index contributed by atoms with van der Waals surface area (Å²) in [5.41, 5.74) is 2.36. The van der Waals surface area contributed by atoms with E-state index in [1.165, 1.54) is 17.4 Å². The zero-order valence-electron chi connectivity index (χ0n) is 17.2. The monoisotopic (exact) mass is 440 g/mol. The first kappa shape index (κ1) is 20.2. The second kappa shape index (κ2) is 8.80. The third kappa shape index (κ3) is 4.36. The van der Waals surface area contributed by atoms with Crippen LogP contribution in [0.15, 0.2) is 42.5 Å². The molecule has 3 aromatic rings. The average Bonchev–Trinajstić information content (AvgIpc) is 3.26. The summed E-state index contributed by atoms with van der Waals surface area (Å²) in [6, 6.07) is 13.0. The number of nitrogens with one attached hydrogen (secondary N) is 1. The van der Waals surface area contributed by atoms with E-state index < -0.39 is 0 Å². The van der Waals surface area contributed by atoms with Gasteiger partial charge in [0.1, 0.15) is 11.3 Å². The Morgan fingerprint density at radius 3 is 2.68 bits per heavy atom. The van der Waals surface area contributed by atoms with Crippen LogP contribution < -0.4 is 15.1 Å². The summed E-state index contributed by atoms with van der Waals surface area (Å²) in [6.45, 7) is 4.70. The summed E-state index contributed by atoms with van der Waals surface area (Å²) in [7, 11) is 0. The number of aromatic nitrogens is 1. The summed E-state index contributed by atoms with van der Waals surface area (Å²) in [6.07, 6.45) is 1.75. The number of hydrogen-bond donors (Lipinski definition) is 1. The number of fused-ring (bicyclic) bond motifs is 1. The van der Waals surface area contributed by atoms with Crippen molar-refractivity contribution in [3.8, 4) is 0 Å². The number of thiazole rings is 1. The molecule has 6 nitrogen and oxygen atoms in total. The molecule has 0 aliphatic carbocycles. The van der Waals surface area contributed by atoms with E-state index in [4.69, 9.17) is 4.74 Å². The van der Waals surface area contributed by atoms with Crippen LogP contribution in [0.5, 0.6) is 0 Å². The molecule has 2 aromatic carbocycles. The molecule has 31 heavy (non-hydrogen) atoms. The Kier molecular flexibility index (Phi) is 5.74. The van der Waals surface area contributed by atoms with Crippen molar-refractivity contribution in [2.75, 3.05) is 54.5 Å². The van der Waals surface area contributed by atoms with E-state index in [1.807, 2.05) is 30.3 Å². The number of carbonyl (C=O) groups is 1. The minimum absolute atomic E-state index is 0.0242. The highest BCUT2D eigenvalue weighted by atomic mass is 32.1. The molecule has 1 atom stereocenters. The summed E-state index contributed by atoms with van der Waals surface area (Å²) in [5.74, 6) is -0.396. The number of amides is 1. The van der Waals surface area contributed by atoms with E-state index in [0.29, 0.717) is 12.1 Å². The van der Waals surface area contributed by atoms with Gasteiger partial charge in [0.2, 0.25) is 5.91 Å². The summed E-state index contributed by atoms with van der Waals surface area (Å²) in [4.78, 5) is 21.8. The third-order valence-electron chi connectivity index (χ3n) is 5.93. The Labute approximate surface area is 184 Å². The average molecular weight is 441 g/mol. The van der Waals surface area contributed by atoms with Gasteiger partial charge in [0.15, 0.2) is 5.13 Å². The molecule has 1 amide bonds. The number of piperidine rings is 1. The number of morpholine rings is 1. The highest BCUT2D eigenvalue weighted by molar-refractivity contribution is 7.22. The normalized spacial score (nSPS) is 19.6. The van der Waals surface area contributed by atoms with Gasteiger partial charge in [0, 0.05) is 37.6 Å². The van der Waals surface area contributed by atoms with Crippen molar-refractivity contribution in [1.82, 2.24) is 4.98 Å². The molecule has 1 unspecified atom stereocenters. The SMILES string of the molecule is O=C(Nc1ccc(N2CCOCC2)cc1)C1CCCN(c2nc3c(F)cccc3s2)C1. The topological polar surface area (TPSA) is 57.7 Å². The van der Waals surface area contributed by atoms with Gasteiger partial charge in [-0.1, -0.05) is 17.4 Å². The van der Waals surface area contributed by atoms with Crippen molar-refractivity contribution in [3.63, 3.8) is 0 Å². The fourth-order valence-corrected chi connectivity index (χ4v) is 5.24. The van der Waals surface area contributed by atoms with Crippen LogP contribution in [0.25, 0.3) is 10.2 Å². The van der Waals surface area contributed by atoms with Gasteiger partial charge in [-0.25, -0.2) is 9.37 Å². The lowest BCUT2D eigenvalue weighted by molar-refractivity contribution is -0.120. The lowest BCUT2D eigenvalue weighted by Crippen LogP contribution is -2.40. The number of ether oxygens (including phenoxy) is 1. The summed E-state index contributed by atoms with van der Waals surface area (Å²) < 4.78 is 20.3. The first-order valence-corrected chi connectivity index (χ1v) is 11.5. The minimum Gasteiger partial charge on any atom is -0.378 e. The van der Waals surface area contributed by atoms with Crippen molar-refractivity contribution in [2.24, 2.45) is 5.92 Å². The Morgan fingerprint density at radius 2 is 1.90 bits per heavy atom. The fraction of sp³-hybridized carbons (Fsp3) is 0.391. The highest BCUT2D eigenvalue weighted by Crippen LogP contribution is 2.33. The molecule has 3 heterocycles. The molecule has 2 aliphatic rings. The summed E-state index contributed by atoms with van der Waals surface area (Å²) in [5, 5.41) is 3.85. The molecule has 1 aromatic heterocycles. The maximum Gasteiger partial charge on any atom is 0.229 e. The molecule has 0 bridgehead atoms. The van der Waals surface area contributed by atoms with E-state index >= 15 is 0 Å². The van der Waals surface area contributed by atoms with Crippen LogP contribution in [0.1, 0.15) is 12.8 Å². The number of hydrogen-bond acceptors (Lipinski definition) is 6. The van der Waals surface area contributed by atoms with Crippen LogP contribution in [-0.4, -0.2) is 50.3 Å². The molecule has 2 saturated heterocycles. The molecule has 8 heteroatoms. The molecular formula is C23H25FN4O2S. The van der Waals surface area contributed by atoms with Crippen LogP contribution in [0.3, 0.4) is 0 Å². The summed E-state index contributed by atoms with van der Waals surface area (Å²) >= 11 is 1.48. The van der Waals surface area contributed by atoms with Gasteiger partial charge in [0.05, 0.1) is 23.8 Å². The van der Waals surface area contributed by atoms with Crippen LogP contribution in [-0.2, 0) is 9.53 Å². The second-order valence-corrected chi connectivity index (χ2v) is 9.01. The largest absolute Gasteiger partial charge is 0.378 e. The molecule has 162 valence electrons. The Bertz CT molecular complexity index is 1070. The Balaban J connectivity index is 1.23. The number of benzene rings is 2. The van der Waals surface area contributed by atoms with Crippen LogP contribution >= 0.6 is 11.3 Å². The number of halogens is 1. The lowest BCUT2D eigenvalue weighted by Gasteiger charge is -2.31. The second-order valence-electron chi connectivity index (χ2n) is 8.00. The zero-order valence-corrected chi connectivity index (χ0v) is 18.0. The maximum absolute atomic E-state index is 14.0. The van der Waals surface area contributed by atoms with E-state index in [0.717, 1.165) is 66.9 Å². The third-order valence-corrected chi connectivity index (χ3v) is 7.01. The molecule has 2 aliphatic heterocycles. The van der Waals surface area contributed by atoms with Gasteiger partial charge in [-0.2, -0.15) is 0 Å². The number of anilines is 3. The Morgan fingerprint density at radius 1 is 1.10 bits per heavy atom. The van der Waals surface area contributed by atoms with E-state index in [1.54, 1.807) is 6.07 Å². The van der Waals surface area contributed by atoms with Crippen molar-refractivity contribution < 1.29 is 13.9 Å². The minimum atomic E-state index is -0.299. The molecule has 0 radical (unpaired) electrons. The van der Waals surface area contributed by atoms with Gasteiger partial charge >= 0.3 is 0 Å². The van der Waals surface area contributed by atoms with Crippen molar-refractivity contribution in [1.29, 1.82) is 0 Å². The van der Waals surface area contributed by atoms with E-state index in [2.05, 4.69) is 20.1 Å². The van der Waals surface area contributed by atoms with E-state index in [9.17, 15) is 9.18 Å². The zero-order chi connectivity index (χ0) is 21.2. The molecular weight excluding hydrogens is 415 g/mol. The highest BCUT2D eigenvalue weighted by Gasteiger charge is 2.28. The molecule has 5 rings (SSSR count). The molecule has 2 fully saturated rings. The van der Waals surface area contributed by atoms with Crippen LogP contribution in [0, 0.1) is 11.7 Å². The van der Waals surface area contributed by atoms with Gasteiger partial charge < -0.3 is 19.9 Å². The standard InChI is InChI=1S/C23H25FN4O2S/c24-19-4-1-5-20-21(19)26-23(31-20)28-10-2-3-16(15-28)22(29)25-17-6-8-18(9-7-17)27-11-13-30-14-12-27/h1,4-9,16H,2-3,10-15H2,(H,25,29). The Hall–Kier alpha value is -2.71. The fourth-order valence-electron chi connectivity index (χ4n) is 4.22. The molecule has 0 spiro atoms. The number of rotatable bonds is 4. The first-order valence-electron chi connectivity index (χ1n) is 10.7. The molecule has 0 saturated carbocycles. The quantitative estimate of drug-likeness (QED) is 0.661. The predicted octanol–water partition coefficient (Wildman–Crippen LogP) is 4.13. The molecule has 1 N–H and O–H groups in total. The predicted molar refractivity (Wildman–Crippen MR) is 123 cm³/mol. The smallest absolute Gasteiger partial charge is 0.229 e. The van der Waals surface area contributed by atoms with Gasteiger partial charge in [0.25, 0.3) is 0 Å². The van der Waals surface area contributed by atoms with Crippen LogP contribution in [0.4, 0.5) is 20.9 Å². The van der Waals surface area contributed by atoms with Gasteiger partial charge in [-0.3, -0.25) is 4.79 Å². The van der Waals surface area contributed by atoms with Crippen molar-refractivity contribution in [2.45, 2.75) is 12.8 Å². The lowest BCUT2D eigenvalue weighted by atomic mass is 9.97. The van der Waals surface area contributed by atoms with Gasteiger partial charge in [-0.05, 0) is 49.2 Å². The van der Waals surface area contributed by atoms with Gasteiger partial charge in [-0.15, -0.1) is 0 Å². The van der Waals surface area contributed by atoms with Crippen LogP contribution in [0.2, 0.25) is 0 Å². The maximum atomic E-state index is 14.0. The van der Waals surface area contributed by atoms with Crippen molar-refractivity contribution >= 4 is 44.0 Å². The van der Waals surface area contributed by atoms with E-state index in [-0.39, 0.29) is 17.6 Å². The number of para-hydroxylation sites is 1.